The second-order valence-corrected chi connectivity index (χ2v) is 56.1. The van der Waals surface area contributed by atoms with E-state index in [-0.39, 0.29) is 19.5 Å². The molecule has 40 nitrogen and oxygen atoms in total. The molecule has 0 spiro atoms. The molecular weight excluding hydrogens is 1890 g/mol. The minimum absolute atomic E-state index is 0. The zero-order valence-corrected chi connectivity index (χ0v) is 50.4. The minimum atomic E-state index is -8.79. The molecule has 0 heterocycles. The predicted molar refractivity (Wildman–Crippen MR) is 43.8 cm³/mol. The van der Waals surface area contributed by atoms with E-state index in [1.165, 1.54) is 0 Å². The smallest absolute Gasteiger partial charge is 2.00 e. The molecule has 0 aromatic rings. The first-order valence-electron chi connectivity index (χ1n) is 8.78. The van der Waals surface area contributed by atoms with Crippen molar-refractivity contribution in [1.82, 2.24) is 0 Å². The molecule has 0 unspecified atom stereocenters. The van der Waals surface area contributed by atoms with Crippen LogP contribution in [0.25, 0.3) is 0 Å². The molecule has 0 aliphatic heterocycles. The molecule has 0 radical (unpaired) electrons. The third kappa shape index (κ3) is 29.1. The van der Waals surface area contributed by atoms with Crippen molar-refractivity contribution in [2.45, 2.75) is 0 Å². The summed E-state index contributed by atoms with van der Waals surface area (Å²) in [6, 6.07) is 0. The van der Waals surface area contributed by atoms with Crippen molar-refractivity contribution in [3.8, 4) is 0 Å². The maximum Gasteiger partial charge on any atom is 2.00 e. The zero-order valence-electron chi connectivity index (χ0n) is 22.5. The number of rotatable bonds is 24. The molecule has 0 aliphatic carbocycles. The van der Waals surface area contributed by atoms with Gasteiger partial charge in [-0.05, 0) is 0 Å². The van der Waals surface area contributed by atoms with Crippen molar-refractivity contribution in [3.05, 3.63) is 0 Å². The van der Waals surface area contributed by atoms with Crippen molar-refractivity contribution >= 4 is 7.82 Å². The van der Waals surface area contributed by atoms with Crippen molar-refractivity contribution in [1.29, 1.82) is 0 Å². The van der Waals surface area contributed by atoms with Crippen LogP contribution >= 0.6 is 7.82 Å². The maximum absolute atomic E-state index is 12.8. The Labute approximate surface area is 346 Å². The fourth-order valence-electron chi connectivity index (χ4n) is 1.41. The summed E-state index contributed by atoms with van der Waals surface area (Å²) in [6.07, 6.45) is 0. The first-order valence-corrected chi connectivity index (χ1v) is 49.8. The molecule has 0 aromatic heterocycles. The Morgan fingerprint density at radius 3 is 0.537 bits per heavy atom. The van der Waals surface area contributed by atoms with Gasteiger partial charge in [-0.3, -0.25) is 0 Å². The van der Waals surface area contributed by atoms with E-state index in [2.05, 4.69) is 27.9 Å². The van der Waals surface area contributed by atoms with E-state index < -0.39 is 209 Å². The first kappa shape index (κ1) is 59.8. The molecule has 0 bridgehead atoms. The van der Waals surface area contributed by atoms with Gasteiger partial charge < -0.3 is 0 Å². The van der Waals surface area contributed by atoms with E-state index in [0.717, 1.165) is 0 Å². The second-order valence-electron chi connectivity index (χ2n) is 6.24. The van der Waals surface area contributed by atoms with Crippen molar-refractivity contribution < 1.29 is 346 Å². The predicted octanol–water partition coefficient (Wildman–Crippen LogP) is -4.63. The largest absolute Gasteiger partial charge is 2.00 e. The molecule has 0 atom stereocenters. The average molecular weight is 1890 g/mol. The van der Waals surface area contributed by atoms with E-state index in [1.807, 2.05) is 0 Å². The minimum Gasteiger partial charge on any atom is 2.00 e. The summed E-state index contributed by atoms with van der Waals surface area (Å²) in [5.41, 5.74) is 0. The molecule has 0 aromatic carbocycles. The summed E-state index contributed by atoms with van der Waals surface area (Å²) < 4.78 is 347. The SMILES string of the molecule is O=P([O][Mo](=[O])(=[O])[O][Mo](=[O])(=[O])[O][Mo](=[O])(=[O])[O][Mo](=[O])(=[O])[OH])([O][Mo](=[O])(=[O])[O][Mo](=[O])(=[O])[O][Mo](=[O])(=[O])[O][Mo](=[O])(=[O])[OH])[O][Mo](=[O])(=[O])[O][Mo](=[O])(=[O])[O][Mo](=[O])(=[O])[O][Mo](=[O])(=[O])[OH].[Zn+2]. The van der Waals surface area contributed by atoms with E-state index in [4.69, 9.17) is 11.3 Å². The summed E-state index contributed by atoms with van der Waals surface area (Å²) in [5, 5.41) is 0. The molecule has 0 saturated carbocycles. The molecule has 3 N–H and O–H groups in total. The van der Waals surface area contributed by atoms with Gasteiger partial charge in [0.25, 0.3) is 0 Å². The Hall–Kier alpha value is 3.71. The van der Waals surface area contributed by atoms with E-state index in [9.17, 15) is 86.1 Å². The standard InChI is InChI=1S/12Mo.H3O4P.3H2O.33O.Zn/c;;;;;;;;;;;;1-5(2,3)4;;;;;;;;;;;;;;;;;;;;;;;;;;;;;;;;;;;;;/h;;;;;;;;;;;;(H3,1,2,3,4);3*1H2;;;;;;;;;;;;;;;;;;;;;;;;;;;;;;;;;;/q;;;;;;6*+1;;;;;;;;;;;;;;;;;;;;;;;;;;;;;;;;;;;;;;+2/p-6. The normalized spacial score (nSPS) is 15.3. The van der Waals surface area contributed by atoms with Gasteiger partial charge in [-0.1, -0.05) is 0 Å². The Morgan fingerprint density at radius 1 is 0.259 bits per heavy atom. The molecule has 0 rings (SSSR count). The van der Waals surface area contributed by atoms with E-state index in [0.29, 0.717) is 0 Å². The van der Waals surface area contributed by atoms with Crippen LogP contribution < -0.4 is 0 Å². The van der Waals surface area contributed by atoms with Gasteiger partial charge in [-0.2, -0.15) is 0 Å². The van der Waals surface area contributed by atoms with Crippen LogP contribution in [0.5, 0.6) is 0 Å². The van der Waals surface area contributed by atoms with E-state index >= 15 is 0 Å². The Bertz CT molecular complexity index is 2510. The van der Waals surface area contributed by atoms with Gasteiger partial charge in [0, 0.05) is 0 Å². The summed E-state index contributed by atoms with van der Waals surface area (Å²) in [6.45, 7) is 0. The van der Waals surface area contributed by atoms with Crippen LogP contribution in [0.4, 0.5) is 0 Å². The van der Waals surface area contributed by atoms with Crippen LogP contribution in [0.2, 0.25) is 0 Å². The summed E-state index contributed by atoms with van der Waals surface area (Å²) in [5.74, 6) is 0. The summed E-state index contributed by atoms with van der Waals surface area (Å²) in [4.78, 5) is 0. The topological polar surface area (TPSA) is 598 Å². The summed E-state index contributed by atoms with van der Waals surface area (Å²) in [7, 11) is -7.91. The number of phosphoric acid groups is 1. The number of hydrogen-bond donors (Lipinski definition) is 3. The van der Waals surface area contributed by atoms with Crippen LogP contribution in [0.1, 0.15) is 0 Å². The van der Waals surface area contributed by atoms with Crippen molar-refractivity contribution in [2.75, 3.05) is 0 Å². The first-order chi connectivity index (χ1) is 22.5. The summed E-state index contributed by atoms with van der Waals surface area (Å²) >= 11 is -97.4. The van der Waals surface area contributed by atoms with Gasteiger partial charge in [-0.25, -0.2) is 0 Å². The molecule has 0 aliphatic rings. The molecule has 54 heavy (non-hydrogen) atoms. The van der Waals surface area contributed by atoms with Crippen LogP contribution in [0.15, 0.2) is 0 Å². The van der Waals surface area contributed by atoms with Crippen molar-refractivity contribution in [3.63, 3.8) is 0 Å². The van der Waals surface area contributed by atoms with Gasteiger partial charge in [0.1, 0.15) is 0 Å². The Balaban J connectivity index is 0. The van der Waals surface area contributed by atoms with Gasteiger partial charge in [0.15, 0.2) is 0 Å². The van der Waals surface area contributed by atoms with Crippen LogP contribution in [0, 0.1) is 0 Å². The number of hydrogen-bond acceptors (Lipinski definition) is 37. The fourth-order valence-corrected chi connectivity index (χ4v) is 60.4. The zero-order chi connectivity index (χ0) is 43.0. The Morgan fingerprint density at radius 2 is 0.389 bits per heavy atom. The van der Waals surface area contributed by atoms with Gasteiger partial charge in [0.2, 0.25) is 0 Å². The van der Waals surface area contributed by atoms with E-state index in [1.54, 1.807) is 0 Å². The molecule has 0 fully saturated rings. The van der Waals surface area contributed by atoms with Crippen LogP contribution in [-0.2, 0) is 334 Å². The maximum atomic E-state index is 12.8. The molecule has 0 saturated heterocycles. The van der Waals surface area contributed by atoms with Gasteiger partial charge in [-0.15, -0.1) is 0 Å². The monoisotopic (exact) mass is 1910 g/mol. The molecule has 0 amide bonds. The molecular formula is H3Mo12O40PZn+2. The average Bonchev–Trinajstić information content (AvgIpc) is 2.58. The van der Waals surface area contributed by atoms with Crippen molar-refractivity contribution in [2.24, 2.45) is 0 Å². The van der Waals surface area contributed by atoms with Gasteiger partial charge >= 0.3 is 354 Å². The van der Waals surface area contributed by atoms with Crippen LogP contribution in [0.3, 0.4) is 0 Å². The molecule has 320 valence electrons. The third-order valence-corrected chi connectivity index (χ3v) is 62.5. The molecule has 54 heteroatoms. The Kier molecular flexibility index (Phi) is 22.2. The third-order valence-electron chi connectivity index (χ3n) is 2.06. The quantitative estimate of drug-likeness (QED) is 0.0604. The fraction of sp³-hybridized carbons (Fsp3) is 0. The van der Waals surface area contributed by atoms with Gasteiger partial charge in [0.05, 0.1) is 0 Å². The second kappa shape index (κ2) is 20.0. The van der Waals surface area contributed by atoms with Crippen LogP contribution in [-0.4, -0.2) is 11.3 Å².